The Bertz CT molecular complexity index is 251. The lowest BCUT2D eigenvalue weighted by Crippen LogP contribution is -2.17. The van der Waals surface area contributed by atoms with E-state index >= 15 is 0 Å². The lowest BCUT2D eigenvalue weighted by atomic mass is 10.2. The first kappa shape index (κ1) is 10.5. The molecule has 1 heterocycles. The first-order chi connectivity index (χ1) is 6.22. The highest BCUT2D eigenvalue weighted by molar-refractivity contribution is 7.99. The molecule has 1 N–H and O–H groups in total. The van der Waals surface area contributed by atoms with E-state index in [4.69, 9.17) is 4.42 Å². The summed E-state index contributed by atoms with van der Waals surface area (Å²) in [7, 11) is 1.96. The summed E-state index contributed by atoms with van der Waals surface area (Å²) in [5.74, 6) is 2.24. The van der Waals surface area contributed by atoms with Crippen molar-refractivity contribution in [2.45, 2.75) is 19.1 Å². The summed E-state index contributed by atoms with van der Waals surface area (Å²) >= 11 is 1.61. The van der Waals surface area contributed by atoms with Crippen LogP contribution in [0.1, 0.15) is 12.8 Å². The van der Waals surface area contributed by atoms with Crippen LogP contribution in [0.3, 0.4) is 0 Å². The summed E-state index contributed by atoms with van der Waals surface area (Å²) in [6.45, 7) is 5.00. The van der Waals surface area contributed by atoms with Crippen LogP contribution < -0.4 is 5.32 Å². The van der Waals surface area contributed by atoms with E-state index in [0.29, 0.717) is 17.0 Å². The van der Waals surface area contributed by atoms with E-state index < -0.39 is 0 Å². The Morgan fingerprint density at radius 2 is 2.31 bits per heavy atom. The molecule has 5 heteroatoms. The van der Waals surface area contributed by atoms with Crippen molar-refractivity contribution in [3.8, 4) is 0 Å². The third-order valence-corrected chi connectivity index (χ3v) is 2.70. The zero-order valence-electron chi connectivity index (χ0n) is 8.20. The van der Waals surface area contributed by atoms with Crippen molar-refractivity contribution in [2.24, 2.45) is 5.92 Å². The van der Waals surface area contributed by atoms with E-state index in [1.165, 1.54) is 0 Å². The molecule has 0 amide bonds. The quantitative estimate of drug-likeness (QED) is 0.728. The standard InChI is InChI=1S/C8H15N3OS/c1-6(4-9-3)5-13-8-11-10-7(2)12-8/h6,9H,4-5H2,1-3H3. The Kier molecular flexibility index (Phi) is 4.24. The van der Waals surface area contributed by atoms with E-state index in [-0.39, 0.29) is 0 Å². The zero-order valence-corrected chi connectivity index (χ0v) is 9.02. The highest BCUT2D eigenvalue weighted by atomic mass is 32.2. The maximum absolute atomic E-state index is 5.23. The van der Waals surface area contributed by atoms with Crippen molar-refractivity contribution >= 4 is 11.8 Å². The minimum Gasteiger partial charge on any atom is -0.416 e. The lowest BCUT2D eigenvalue weighted by Gasteiger charge is -2.07. The van der Waals surface area contributed by atoms with E-state index in [0.717, 1.165) is 12.3 Å². The van der Waals surface area contributed by atoms with Crippen LogP contribution in [0.25, 0.3) is 0 Å². The average Bonchev–Trinajstić information content (AvgIpc) is 2.49. The van der Waals surface area contributed by atoms with Gasteiger partial charge in [0.1, 0.15) is 0 Å². The number of thioether (sulfide) groups is 1. The lowest BCUT2D eigenvalue weighted by molar-refractivity contribution is 0.428. The van der Waals surface area contributed by atoms with Gasteiger partial charge in [-0.1, -0.05) is 18.7 Å². The van der Waals surface area contributed by atoms with Crippen LogP contribution in [0.2, 0.25) is 0 Å². The topological polar surface area (TPSA) is 51.0 Å². The van der Waals surface area contributed by atoms with Crippen LogP contribution in [0.5, 0.6) is 0 Å². The number of aromatic nitrogens is 2. The second-order valence-corrected chi connectivity index (χ2v) is 4.03. The van der Waals surface area contributed by atoms with Gasteiger partial charge in [0.15, 0.2) is 0 Å². The molecule has 1 rings (SSSR count). The van der Waals surface area contributed by atoms with E-state index in [1.807, 2.05) is 7.05 Å². The maximum Gasteiger partial charge on any atom is 0.276 e. The van der Waals surface area contributed by atoms with Gasteiger partial charge in [-0.05, 0) is 19.5 Å². The maximum atomic E-state index is 5.23. The van der Waals surface area contributed by atoms with E-state index in [9.17, 15) is 0 Å². The van der Waals surface area contributed by atoms with E-state index in [1.54, 1.807) is 18.7 Å². The van der Waals surface area contributed by atoms with Gasteiger partial charge >= 0.3 is 0 Å². The fourth-order valence-electron chi connectivity index (χ4n) is 0.958. The molecule has 0 bridgehead atoms. The molecule has 13 heavy (non-hydrogen) atoms. The second kappa shape index (κ2) is 5.24. The molecule has 0 aromatic carbocycles. The van der Waals surface area contributed by atoms with Gasteiger partial charge < -0.3 is 9.73 Å². The van der Waals surface area contributed by atoms with E-state index in [2.05, 4.69) is 22.4 Å². The van der Waals surface area contributed by atoms with Gasteiger partial charge in [0.05, 0.1) is 0 Å². The van der Waals surface area contributed by atoms with Gasteiger partial charge in [0.25, 0.3) is 5.22 Å². The van der Waals surface area contributed by atoms with Gasteiger partial charge in [-0.25, -0.2) is 0 Å². The summed E-state index contributed by atoms with van der Waals surface area (Å²) in [4.78, 5) is 0. The Balaban J connectivity index is 2.26. The SMILES string of the molecule is CNCC(C)CSc1nnc(C)o1. The molecule has 1 aromatic rings. The van der Waals surface area contributed by atoms with Crippen LogP contribution in [0.4, 0.5) is 0 Å². The van der Waals surface area contributed by atoms with Crippen molar-refractivity contribution in [3.05, 3.63) is 5.89 Å². The van der Waals surface area contributed by atoms with Gasteiger partial charge in [-0.2, -0.15) is 0 Å². The largest absolute Gasteiger partial charge is 0.416 e. The molecule has 4 nitrogen and oxygen atoms in total. The minimum absolute atomic E-state index is 0.613. The number of nitrogens with zero attached hydrogens (tertiary/aromatic N) is 2. The average molecular weight is 201 g/mol. The van der Waals surface area contributed by atoms with Crippen LogP contribution in [0.15, 0.2) is 9.64 Å². The number of hydrogen-bond donors (Lipinski definition) is 1. The van der Waals surface area contributed by atoms with Gasteiger partial charge in [-0.15, -0.1) is 10.2 Å². The molecule has 0 spiro atoms. The van der Waals surface area contributed by atoms with Crippen molar-refractivity contribution in [1.82, 2.24) is 15.5 Å². The molecular weight excluding hydrogens is 186 g/mol. The predicted octanol–water partition coefficient (Wildman–Crippen LogP) is 1.33. The van der Waals surface area contributed by atoms with Crippen LogP contribution in [-0.2, 0) is 0 Å². The van der Waals surface area contributed by atoms with Crippen LogP contribution in [-0.4, -0.2) is 29.5 Å². The zero-order chi connectivity index (χ0) is 9.68. The number of hydrogen-bond acceptors (Lipinski definition) is 5. The first-order valence-electron chi connectivity index (χ1n) is 4.30. The Labute approximate surface area is 82.5 Å². The Morgan fingerprint density at radius 1 is 1.54 bits per heavy atom. The second-order valence-electron chi connectivity index (χ2n) is 3.06. The van der Waals surface area contributed by atoms with Crippen molar-refractivity contribution in [3.63, 3.8) is 0 Å². The molecule has 1 aromatic heterocycles. The molecule has 0 aliphatic heterocycles. The number of rotatable bonds is 5. The van der Waals surface area contributed by atoms with Gasteiger partial charge in [0.2, 0.25) is 5.89 Å². The smallest absolute Gasteiger partial charge is 0.276 e. The molecule has 0 saturated carbocycles. The van der Waals surface area contributed by atoms with Crippen molar-refractivity contribution in [1.29, 1.82) is 0 Å². The monoisotopic (exact) mass is 201 g/mol. The minimum atomic E-state index is 0.613. The van der Waals surface area contributed by atoms with Crippen molar-refractivity contribution in [2.75, 3.05) is 19.3 Å². The fraction of sp³-hybridized carbons (Fsp3) is 0.750. The normalized spacial score (nSPS) is 13.2. The van der Waals surface area contributed by atoms with Crippen LogP contribution in [0, 0.1) is 12.8 Å². The van der Waals surface area contributed by atoms with Crippen LogP contribution >= 0.6 is 11.8 Å². The van der Waals surface area contributed by atoms with Gasteiger partial charge in [-0.3, -0.25) is 0 Å². The van der Waals surface area contributed by atoms with Gasteiger partial charge in [0, 0.05) is 12.7 Å². The highest BCUT2D eigenvalue weighted by Gasteiger charge is 2.06. The molecule has 0 aliphatic carbocycles. The molecule has 1 unspecified atom stereocenters. The fourth-order valence-corrected chi connectivity index (χ4v) is 1.78. The summed E-state index contributed by atoms with van der Waals surface area (Å²) < 4.78 is 5.23. The Hall–Kier alpha value is -0.550. The third kappa shape index (κ3) is 3.78. The molecule has 1 atom stereocenters. The summed E-state index contributed by atoms with van der Waals surface area (Å²) in [6.07, 6.45) is 0. The predicted molar refractivity (Wildman–Crippen MR) is 52.8 cm³/mol. The highest BCUT2D eigenvalue weighted by Crippen LogP contribution is 2.18. The molecule has 74 valence electrons. The summed E-state index contributed by atoms with van der Waals surface area (Å²) in [6, 6.07) is 0. The Morgan fingerprint density at radius 3 is 2.85 bits per heavy atom. The molecule has 0 fully saturated rings. The van der Waals surface area contributed by atoms with Crippen molar-refractivity contribution < 1.29 is 4.42 Å². The molecule has 0 radical (unpaired) electrons. The summed E-state index contributed by atoms with van der Waals surface area (Å²) in [5.41, 5.74) is 0. The number of nitrogens with one attached hydrogen (secondary N) is 1. The summed E-state index contributed by atoms with van der Waals surface area (Å²) in [5, 5.41) is 11.5. The number of aryl methyl sites for hydroxylation is 1. The molecule has 0 saturated heterocycles. The first-order valence-corrected chi connectivity index (χ1v) is 5.28. The molecule has 0 aliphatic rings. The third-order valence-electron chi connectivity index (χ3n) is 1.55. The molecular formula is C8H15N3OS.